The van der Waals surface area contributed by atoms with Gasteiger partial charge in [0.25, 0.3) is 6.43 Å². The van der Waals surface area contributed by atoms with Gasteiger partial charge in [-0.3, -0.25) is 0 Å². The molecule has 0 fully saturated rings. The SMILES string of the molecule is O=C(O)c1nc(Cl)cc(C(F)F)c1CCl. The zero-order valence-corrected chi connectivity index (χ0v) is 8.69. The van der Waals surface area contributed by atoms with Crippen LogP contribution >= 0.6 is 23.2 Å². The second-order valence-electron chi connectivity index (χ2n) is 2.60. The molecule has 0 aliphatic carbocycles. The third-order valence-electron chi connectivity index (χ3n) is 1.70. The molecule has 0 spiro atoms. The van der Waals surface area contributed by atoms with Crippen LogP contribution in [0.15, 0.2) is 6.07 Å². The van der Waals surface area contributed by atoms with E-state index in [1.807, 2.05) is 0 Å². The molecule has 0 bridgehead atoms. The van der Waals surface area contributed by atoms with Gasteiger partial charge in [-0.25, -0.2) is 18.6 Å². The molecule has 0 aromatic carbocycles. The van der Waals surface area contributed by atoms with Gasteiger partial charge in [-0.1, -0.05) is 11.6 Å². The maximum atomic E-state index is 12.5. The number of carbonyl (C=O) groups is 1. The number of nitrogens with zero attached hydrogens (tertiary/aromatic N) is 1. The first-order valence-corrected chi connectivity index (χ1v) is 4.65. The fourth-order valence-electron chi connectivity index (χ4n) is 1.07. The number of hydrogen-bond acceptors (Lipinski definition) is 2. The number of hydrogen-bond donors (Lipinski definition) is 1. The van der Waals surface area contributed by atoms with Gasteiger partial charge in [-0.05, 0) is 6.07 Å². The summed E-state index contributed by atoms with van der Waals surface area (Å²) in [6.45, 7) is 0. The molecule has 1 aromatic heterocycles. The molecule has 0 saturated heterocycles. The Hall–Kier alpha value is -0.940. The Morgan fingerprint density at radius 1 is 1.60 bits per heavy atom. The molecule has 0 aliphatic rings. The molecule has 0 unspecified atom stereocenters. The molecule has 0 aliphatic heterocycles. The summed E-state index contributed by atoms with van der Waals surface area (Å²) in [5.74, 6) is -1.79. The zero-order valence-electron chi connectivity index (χ0n) is 7.18. The van der Waals surface area contributed by atoms with Crippen molar-refractivity contribution in [2.75, 3.05) is 0 Å². The fourth-order valence-corrected chi connectivity index (χ4v) is 1.55. The monoisotopic (exact) mass is 255 g/mol. The standard InChI is InChI=1S/C8H5Cl2F2NO2/c9-2-4-3(7(11)12)1-5(10)13-6(4)8(14)15/h1,7H,2H2,(H,14,15). The summed E-state index contributed by atoms with van der Waals surface area (Å²) in [4.78, 5) is 14.1. The van der Waals surface area contributed by atoms with Crippen LogP contribution in [0.2, 0.25) is 5.15 Å². The average molecular weight is 256 g/mol. The van der Waals surface area contributed by atoms with E-state index >= 15 is 0 Å². The Bertz CT molecular complexity index is 398. The lowest BCUT2D eigenvalue weighted by Gasteiger charge is -2.09. The molecule has 0 amide bonds. The minimum Gasteiger partial charge on any atom is -0.477 e. The molecule has 7 heteroatoms. The van der Waals surface area contributed by atoms with Crippen molar-refractivity contribution in [1.82, 2.24) is 4.98 Å². The molecule has 3 nitrogen and oxygen atoms in total. The van der Waals surface area contributed by atoms with Crippen molar-refractivity contribution in [1.29, 1.82) is 0 Å². The van der Waals surface area contributed by atoms with Crippen molar-refractivity contribution in [3.8, 4) is 0 Å². The third kappa shape index (κ3) is 2.54. The molecule has 1 aromatic rings. The molecule has 0 atom stereocenters. The Labute approximate surface area is 93.6 Å². The zero-order chi connectivity index (χ0) is 11.6. The second kappa shape index (κ2) is 4.72. The van der Waals surface area contributed by atoms with E-state index in [0.29, 0.717) is 0 Å². The van der Waals surface area contributed by atoms with Crippen LogP contribution in [0, 0.1) is 0 Å². The predicted molar refractivity (Wildman–Crippen MR) is 50.7 cm³/mol. The Morgan fingerprint density at radius 3 is 2.60 bits per heavy atom. The first-order valence-electron chi connectivity index (χ1n) is 3.74. The summed E-state index contributed by atoms with van der Waals surface area (Å²) in [5.41, 5.74) is -1.24. The fraction of sp³-hybridized carbons (Fsp3) is 0.250. The van der Waals surface area contributed by atoms with Gasteiger partial charge in [-0.15, -0.1) is 11.6 Å². The molecule has 1 heterocycles. The maximum absolute atomic E-state index is 12.5. The highest BCUT2D eigenvalue weighted by Crippen LogP contribution is 2.28. The molecule has 1 rings (SSSR count). The summed E-state index contributed by atoms with van der Waals surface area (Å²) in [6, 6.07) is 0.913. The van der Waals surface area contributed by atoms with Crippen LogP contribution in [0.4, 0.5) is 8.78 Å². The van der Waals surface area contributed by atoms with E-state index in [-0.39, 0.29) is 16.6 Å². The lowest BCUT2D eigenvalue weighted by molar-refractivity contribution is 0.0688. The molecule has 0 radical (unpaired) electrons. The predicted octanol–water partition coefficient (Wildman–Crippen LogP) is 3.11. The smallest absolute Gasteiger partial charge is 0.354 e. The Morgan fingerprint density at radius 2 is 2.20 bits per heavy atom. The quantitative estimate of drug-likeness (QED) is 0.667. The van der Waals surface area contributed by atoms with Gasteiger partial charge in [-0.2, -0.15) is 0 Å². The molecular formula is C8H5Cl2F2NO2. The van der Waals surface area contributed by atoms with Crippen LogP contribution in [0.25, 0.3) is 0 Å². The average Bonchev–Trinajstić information content (AvgIpc) is 2.16. The van der Waals surface area contributed by atoms with Gasteiger partial charge in [0.15, 0.2) is 5.69 Å². The maximum Gasteiger partial charge on any atom is 0.354 e. The summed E-state index contributed by atoms with van der Waals surface area (Å²) in [5, 5.41) is 8.41. The minimum atomic E-state index is -2.84. The van der Waals surface area contributed by atoms with Crippen LogP contribution in [-0.2, 0) is 5.88 Å². The van der Waals surface area contributed by atoms with Crippen molar-refractivity contribution in [2.45, 2.75) is 12.3 Å². The van der Waals surface area contributed by atoms with Gasteiger partial charge in [0.2, 0.25) is 0 Å². The van der Waals surface area contributed by atoms with E-state index in [4.69, 9.17) is 28.3 Å². The van der Waals surface area contributed by atoms with Gasteiger partial charge in [0.1, 0.15) is 5.15 Å². The molecule has 82 valence electrons. The number of pyridine rings is 1. The topological polar surface area (TPSA) is 50.2 Å². The summed E-state index contributed by atoms with van der Waals surface area (Å²) in [7, 11) is 0. The Balaban J connectivity index is 3.45. The molecule has 0 saturated carbocycles. The van der Waals surface area contributed by atoms with Crippen molar-refractivity contribution >= 4 is 29.2 Å². The van der Waals surface area contributed by atoms with E-state index in [0.717, 1.165) is 6.07 Å². The van der Waals surface area contributed by atoms with Gasteiger partial charge < -0.3 is 5.11 Å². The van der Waals surface area contributed by atoms with Gasteiger partial charge >= 0.3 is 5.97 Å². The van der Waals surface area contributed by atoms with E-state index in [9.17, 15) is 13.6 Å². The van der Waals surface area contributed by atoms with Gasteiger partial charge in [0.05, 0.1) is 5.88 Å². The highest BCUT2D eigenvalue weighted by atomic mass is 35.5. The number of carboxylic acid groups (broad SMARTS) is 1. The molecule has 1 N–H and O–H groups in total. The van der Waals surface area contributed by atoms with Crippen LogP contribution in [0.5, 0.6) is 0 Å². The van der Waals surface area contributed by atoms with Crippen LogP contribution < -0.4 is 0 Å². The highest BCUT2D eigenvalue weighted by Gasteiger charge is 2.21. The molecular weight excluding hydrogens is 251 g/mol. The highest BCUT2D eigenvalue weighted by molar-refractivity contribution is 6.29. The number of carboxylic acids is 1. The number of aromatic carboxylic acids is 1. The van der Waals surface area contributed by atoms with E-state index < -0.39 is 23.7 Å². The first kappa shape index (κ1) is 12.1. The largest absolute Gasteiger partial charge is 0.477 e. The summed E-state index contributed by atoms with van der Waals surface area (Å²) >= 11 is 10.8. The van der Waals surface area contributed by atoms with Crippen LogP contribution in [0.3, 0.4) is 0 Å². The number of rotatable bonds is 3. The van der Waals surface area contributed by atoms with E-state index in [2.05, 4.69) is 4.98 Å². The summed E-state index contributed by atoms with van der Waals surface area (Å²) < 4.78 is 25.0. The van der Waals surface area contributed by atoms with Crippen LogP contribution in [0.1, 0.15) is 28.0 Å². The van der Waals surface area contributed by atoms with E-state index in [1.165, 1.54) is 0 Å². The van der Waals surface area contributed by atoms with Crippen molar-refractivity contribution in [3.05, 3.63) is 28.0 Å². The van der Waals surface area contributed by atoms with Crippen molar-refractivity contribution < 1.29 is 18.7 Å². The lowest BCUT2D eigenvalue weighted by Crippen LogP contribution is -2.08. The number of alkyl halides is 3. The third-order valence-corrected chi connectivity index (χ3v) is 2.16. The molecule has 15 heavy (non-hydrogen) atoms. The normalized spacial score (nSPS) is 10.7. The van der Waals surface area contributed by atoms with Crippen molar-refractivity contribution in [3.63, 3.8) is 0 Å². The summed E-state index contributed by atoms with van der Waals surface area (Å²) in [6.07, 6.45) is -2.84. The lowest BCUT2D eigenvalue weighted by atomic mass is 10.1. The minimum absolute atomic E-state index is 0.205. The second-order valence-corrected chi connectivity index (χ2v) is 3.26. The number of aromatic nitrogens is 1. The van der Waals surface area contributed by atoms with Crippen LogP contribution in [-0.4, -0.2) is 16.1 Å². The Kier molecular flexibility index (Phi) is 3.82. The first-order chi connectivity index (χ1) is 6.97. The number of halogens is 4. The van der Waals surface area contributed by atoms with Crippen molar-refractivity contribution in [2.24, 2.45) is 0 Å². The van der Waals surface area contributed by atoms with E-state index in [1.54, 1.807) is 0 Å². The van der Waals surface area contributed by atoms with Gasteiger partial charge in [0, 0.05) is 11.1 Å².